The molecule has 0 radical (unpaired) electrons. The van der Waals surface area contributed by atoms with Gasteiger partial charge in [-0.1, -0.05) is 0 Å². The molecule has 0 aromatic carbocycles. The molecule has 18 heavy (non-hydrogen) atoms. The predicted octanol–water partition coefficient (Wildman–Crippen LogP) is -0.136. The number of rotatable bonds is 5. The number of carbonyl (C=O) groups is 2. The van der Waals surface area contributed by atoms with E-state index in [9.17, 15) is 14.7 Å². The summed E-state index contributed by atoms with van der Waals surface area (Å²) in [5.74, 6) is -0.816. The molecule has 1 heterocycles. The van der Waals surface area contributed by atoms with Gasteiger partial charge in [0.15, 0.2) is 0 Å². The van der Waals surface area contributed by atoms with Crippen molar-refractivity contribution in [3.8, 4) is 0 Å². The average molecular weight is 256 g/mol. The number of ether oxygens (including phenoxy) is 1. The number of nitrogens with one attached hydrogen (secondary N) is 1. The van der Waals surface area contributed by atoms with Crippen LogP contribution in [-0.2, 0) is 14.3 Å². The van der Waals surface area contributed by atoms with Crippen LogP contribution < -0.4 is 11.1 Å². The van der Waals surface area contributed by atoms with Crippen LogP contribution in [0.5, 0.6) is 0 Å². The number of carboxylic acids is 1. The van der Waals surface area contributed by atoms with Gasteiger partial charge in [-0.25, -0.2) is 4.79 Å². The number of carboxylic acid groups (broad SMARTS) is 1. The Morgan fingerprint density at radius 3 is 2.50 bits per heavy atom. The number of aliphatic carboxylic acids is 1. The summed E-state index contributed by atoms with van der Waals surface area (Å²) in [6, 6.07) is -0.143. The summed E-state index contributed by atoms with van der Waals surface area (Å²) in [6.07, 6.45) is 2.98. The lowest BCUT2D eigenvalue weighted by molar-refractivity contribution is -0.152. The molecule has 1 aliphatic heterocycles. The Morgan fingerprint density at radius 1 is 1.39 bits per heavy atom. The van der Waals surface area contributed by atoms with Crippen molar-refractivity contribution in [1.29, 1.82) is 0 Å². The normalized spacial score (nSPS) is 24.3. The molecule has 2 rings (SSSR count). The topological polar surface area (TPSA) is 102 Å². The van der Waals surface area contributed by atoms with E-state index in [1.54, 1.807) is 0 Å². The van der Waals surface area contributed by atoms with Crippen molar-refractivity contribution in [2.45, 2.75) is 43.7 Å². The Kier molecular flexibility index (Phi) is 3.87. The van der Waals surface area contributed by atoms with E-state index in [-0.39, 0.29) is 18.4 Å². The van der Waals surface area contributed by atoms with Crippen LogP contribution in [0.1, 0.15) is 32.1 Å². The maximum absolute atomic E-state index is 11.9. The van der Waals surface area contributed by atoms with Crippen molar-refractivity contribution in [2.24, 2.45) is 11.7 Å². The summed E-state index contributed by atoms with van der Waals surface area (Å²) >= 11 is 0. The quantitative estimate of drug-likeness (QED) is 0.635. The van der Waals surface area contributed by atoms with Gasteiger partial charge >= 0.3 is 5.97 Å². The minimum absolute atomic E-state index is 0.143. The van der Waals surface area contributed by atoms with Crippen LogP contribution in [0.25, 0.3) is 0 Å². The third-order valence-electron chi connectivity index (χ3n) is 3.78. The van der Waals surface area contributed by atoms with E-state index in [0.717, 1.165) is 12.8 Å². The van der Waals surface area contributed by atoms with E-state index < -0.39 is 11.5 Å². The standard InChI is InChI=1S/C12H20N2O4/c13-9(8-1-2-8)7-10(15)14-12(11(16)17)3-5-18-6-4-12/h8-9H,1-7,13H2,(H,14,15)(H,16,17). The SMILES string of the molecule is NC(CC(=O)NC1(C(=O)O)CCOCC1)C1CC1. The average Bonchev–Trinajstić information content (AvgIpc) is 3.13. The van der Waals surface area contributed by atoms with Crippen LogP contribution in [0.4, 0.5) is 0 Å². The Labute approximate surface area is 106 Å². The lowest BCUT2D eigenvalue weighted by Crippen LogP contribution is -2.58. The van der Waals surface area contributed by atoms with E-state index in [2.05, 4.69) is 5.32 Å². The van der Waals surface area contributed by atoms with Crippen molar-refractivity contribution in [2.75, 3.05) is 13.2 Å². The van der Waals surface area contributed by atoms with Crippen LogP contribution >= 0.6 is 0 Å². The molecule has 0 spiro atoms. The van der Waals surface area contributed by atoms with E-state index >= 15 is 0 Å². The highest BCUT2D eigenvalue weighted by Crippen LogP contribution is 2.33. The monoisotopic (exact) mass is 256 g/mol. The maximum Gasteiger partial charge on any atom is 0.329 e. The molecule has 1 saturated carbocycles. The van der Waals surface area contributed by atoms with E-state index in [1.807, 2.05) is 0 Å². The minimum Gasteiger partial charge on any atom is -0.480 e. The van der Waals surface area contributed by atoms with Crippen LogP contribution in [0.15, 0.2) is 0 Å². The fraction of sp³-hybridized carbons (Fsp3) is 0.833. The second kappa shape index (κ2) is 5.24. The summed E-state index contributed by atoms with van der Waals surface area (Å²) < 4.78 is 5.15. The van der Waals surface area contributed by atoms with Crippen molar-refractivity contribution in [3.05, 3.63) is 0 Å². The van der Waals surface area contributed by atoms with Gasteiger partial charge in [-0.2, -0.15) is 0 Å². The lowest BCUT2D eigenvalue weighted by Gasteiger charge is -2.34. The molecule has 1 unspecified atom stereocenters. The molecule has 1 atom stereocenters. The molecule has 0 bridgehead atoms. The van der Waals surface area contributed by atoms with Gasteiger partial charge in [0.05, 0.1) is 0 Å². The third kappa shape index (κ3) is 3.00. The Balaban J connectivity index is 1.91. The fourth-order valence-corrected chi connectivity index (χ4v) is 2.34. The first-order chi connectivity index (χ1) is 8.53. The molecular formula is C12H20N2O4. The molecule has 2 fully saturated rings. The molecule has 6 nitrogen and oxygen atoms in total. The largest absolute Gasteiger partial charge is 0.480 e. The highest BCUT2D eigenvalue weighted by atomic mass is 16.5. The zero-order valence-electron chi connectivity index (χ0n) is 10.4. The zero-order chi connectivity index (χ0) is 13.2. The summed E-state index contributed by atoms with van der Waals surface area (Å²) in [4.78, 5) is 23.2. The molecule has 2 aliphatic rings. The minimum atomic E-state index is -1.17. The Bertz CT molecular complexity index is 335. The summed E-state index contributed by atoms with van der Waals surface area (Å²) in [5, 5.41) is 11.9. The molecule has 4 N–H and O–H groups in total. The first-order valence-electron chi connectivity index (χ1n) is 6.41. The van der Waals surface area contributed by atoms with Crippen LogP contribution in [0.3, 0.4) is 0 Å². The molecule has 102 valence electrons. The van der Waals surface area contributed by atoms with Gasteiger partial charge in [0, 0.05) is 38.5 Å². The smallest absolute Gasteiger partial charge is 0.329 e. The molecule has 0 aromatic rings. The van der Waals surface area contributed by atoms with Crippen molar-refractivity contribution < 1.29 is 19.4 Å². The van der Waals surface area contributed by atoms with Crippen LogP contribution in [0.2, 0.25) is 0 Å². The molecular weight excluding hydrogens is 236 g/mol. The van der Waals surface area contributed by atoms with Gasteiger partial charge < -0.3 is 20.9 Å². The number of hydrogen-bond donors (Lipinski definition) is 3. The first-order valence-corrected chi connectivity index (χ1v) is 6.41. The van der Waals surface area contributed by atoms with E-state index in [4.69, 9.17) is 10.5 Å². The fourth-order valence-electron chi connectivity index (χ4n) is 2.34. The van der Waals surface area contributed by atoms with Gasteiger partial charge in [-0.05, 0) is 18.8 Å². The molecule has 6 heteroatoms. The number of amides is 1. The van der Waals surface area contributed by atoms with Crippen LogP contribution in [-0.4, -0.2) is 41.8 Å². The molecule has 0 aromatic heterocycles. The van der Waals surface area contributed by atoms with Gasteiger partial charge in [0.1, 0.15) is 5.54 Å². The van der Waals surface area contributed by atoms with Crippen molar-refractivity contribution in [1.82, 2.24) is 5.32 Å². The second-order valence-corrected chi connectivity index (χ2v) is 5.25. The third-order valence-corrected chi connectivity index (χ3v) is 3.78. The molecule has 1 amide bonds. The Hall–Kier alpha value is -1.14. The van der Waals surface area contributed by atoms with Crippen molar-refractivity contribution in [3.63, 3.8) is 0 Å². The van der Waals surface area contributed by atoms with E-state index in [1.165, 1.54) is 0 Å². The number of nitrogens with two attached hydrogens (primary N) is 1. The predicted molar refractivity (Wildman–Crippen MR) is 63.9 cm³/mol. The van der Waals surface area contributed by atoms with Gasteiger partial charge in [0.25, 0.3) is 0 Å². The summed E-state index contributed by atoms with van der Waals surface area (Å²) in [5.41, 5.74) is 4.70. The summed E-state index contributed by atoms with van der Waals surface area (Å²) in [6.45, 7) is 0.725. The van der Waals surface area contributed by atoms with Gasteiger partial charge in [0.2, 0.25) is 5.91 Å². The highest BCUT2D eigenvalue weighted by molar-refractivity contribution is 5.87. The zero-order valence-corrected chi connectivity index (χ0v) is 10.4. The first kappa shape index (κ1) is 13.3. The van der Waals surface area contributed by atoms with Gasteiger partial charge in [-0.3, -0.25) is 4.79 Å². The highest BCUT2D eigenvalue weighted by Gasteiger charge is 2.42. The number of hydrogen-bond acceptors (Lipinski definition) is 4. The van der Waals surface area contributed by atoms with Gasteiger partial charge in [-0.15, -0.1) is 0 Å². The van der Waals surface area contributed by atoms with Crippen LogP contribution in [0, 0.1) is 5.92 Å². The van der Waals surface area contributed by atoms with E-state index in [0.29, 0.717) is 32.0 Å². The number of carbonyl (C=O) groups excluding carboxylic acids is 1. The lowest BCUT2D eigenvalue weighted by atomic mass is 9.89. The molecule has 1 saturated heterocycles. The Morgan fingerprint density at radius 2 is 2.00 bits per heavy atom. The maximum atomic E-state index is 11.9. The molecule has 1 aliphatic carbocycles. The van der Waals surface area contributed by atoms with Crippen molar-refractivity contribution >= 4 is 11.9 Å². The second-order valence-electron chi connectivity index (χ2n) is 5.25. The summed E-state index contributed by atoms with van der Waals surface area (Å²) in [7, 11) is 0.